The average Bonchev–Trinajstić information content (AvgIpc) is 2.76. The van der Waals surface area contributed by atoms with E-state index in [4.69, 9.17) is 20.1 Å². The molecule has 0 heterocycles. The highest BCUT2D eigenvalue weighted by molar-refractivity contribution is 6.59. The minimum atomic E-state index is -2.05. The molecule has 15 heteroatoms. The van der Waals surface area contributed by atoms with E-state index in [1.54, 1.807) is 6.92 Å². The van der Waals surface area contributed by atoms with Gasteiger partial charge in [0.15, 0.2) is 0 Å². The van der Waals surface area contributed by atoms with Crippen LogP contribution >= 0.6 is 0 Å². The van der Waals surface area contributed by atoms with Crippen LogP contribution in [0.25, 0.3) is 0 Å². The summed E-state index contributed by atoms with van der Waals surface area (Å²) in [5, 5.41) is 37.2. The van der Waals surface area contributed by atoms with Crippen LogP contribution in [0.2, 0.25) is 0 Å². The number of likely N-dealkylation sites (N-methyl/N-ethyl adjacent to an activating group) is 1. The predicted molar refractivity (Wildman–Crippen MR) is 113 cm³/mol. The molecule has 0 bridgehead atoms. The molecule has 0 atom stereocenters. The largest absolute Gasteiger partial charge is 0.491 e. The molecular weight excluding hydrogens is 444 g/mol. The quantitative estimate of drug-likeness (QED) is 0.158. The Balaban J connectivity index is 1.91. The van der Waals surface area contributed by atoms with Gasteiger partial charge in [0.05, 0.1) is 6.54 Å². The minimum Gasteiger partial charge on any atom is -0.423 e. The van der Waals surface area contributed by atoms with Gasteiger partial charge in [-0.3, -0.25) is 30.7 Å². The first-order valence-electron chi connectivity index (χ1n) is 9.49. The van der Waals surface area contributed by atoms with Crippen molar-refractivity contribution in [2.24, 2.45) is 0 Å². The molecular formula is C18H20B2F2N4O7. The number of carbonyl (C=O) groups excluding carboxylic acids is 3. The van der Waals surface area contributed by atoms with Gasteiger partial charge in [-0.15, -0.1) is 0 Å². The second-order valence-corrected chi connectivity index (χ2v) is 6.68. The topological polar surface area (TPSA) is 171 Å². The smallest absolute Gasteiger partial charge is 0.423 e. The summed E-state index contributed by atoms with van der Waals surface area (Å²) in [4.78, 5) is 36.4. The van der Waals surface area contributed by atoms with Gasteiger partial charge in [-0.2, -0.15) is 0 Å². The number of halogens is 2. The molecule has 0 fully saturated rings. The molecule has 2 rings (SSSR count). The second kappa shape index (κ2) is 11.5. The lowest BCUT2D eigenvalue weighted by molar-refractivity contribution is -0.123. The zero-order valence-electron chi connectivity index (χ0n) is 17.2. The monoisotopic (exact) mass is 464 g/mol. The lowest BCUT2D eigenvalue weighted by Crippen LogP contribution is -2.51. The SMILES string of the molecule is CCN(CC(=O)NNC(=O)c1ccc(B(O)O)c(F)c1)NC(=O)c1ccc(B(O)O)c(F)c1. The van der Waals surface area contributed by atoms with E-state index in [-0.39, 0.29) is 17.7 Å². The van der Waals surface area contributed by atoms with Crippen LogP contribution in [0.4, 0.5) is 8.78 Å². The van der Waals surface area contributed by atoms with Crippen molar-refractivity contribution in [3.63, 3.8) is 0 Å². The number of nitrogens with zero attached hydrogens (tertiary/aromatic N) is 1. The van der Waals surface area contributed by atoms with Crippen LogP contribution in [0.3, 0.4) is 0 Å². The molecule has 0 aliphatic carbocycles. The van der Waals surface area contributed by atoms with Crippen molar-refractivity contribution in [3.05, 3.63) is 59.2 Å². The molecule has 0 saturated heterocycles. The second-order valence-electron chi connectivity index (χ2n) is 6.68. The number of hydrogen-bond acceptors (Lipinski definition) is 8. The Morgan fingerprint density at radius 1 is 0.848 bits per heavy atom. The fourth-order valence-electron chi connectivity index (χ4n) is 2.61. The zero-order chi connectivity index (χ0) is 24.7. The van der Waals surface area contributed by atoms with Crippen molar-refractivity contribution in [2.75, 3.05) is 13.1 Å². The number of hydrazine groups is 2. The fourth-order valence-corrected chi connectivity index (χ4v) is 2.61. The number of hydrogen-bond donors (Lipinski definition) is 7. The van der Waals surface area contributed by atoms with Gasteiger partial charge in [0.2, 0.25) is 0 Å². The molecule has 0 unspecified atom stereocenters. The minimum absolute atomic E-state index is 0.137. The number of carbonyl (C=O) groups is 3. The molecule has 0 saturated carbocycles. The van der Waals surface area contributed by atoms with Crippen LogP contribution in [0.15, 0.2) is 36.4 Å². The zero-order valence-corrected chi connectivity index (χ0v) is 17.2. The van der Waals surface area contributed by atoms with E-state index in [1.807, 2.05) is 5.43 Å². The van der Waals surface area contributed by atoms with E-state index in [1.165, 1.54) is 6.07 Å². The van der Waals surface area contributed by atoms with Gasteiger partial charge in [0.25, 0.3) is 17.7 Å². The summed E-state index contributed by atoms with van der Waals surface area (Å²) in [7, 11) is -4.09. The molecule has 33 heavy (non-hydrogen) atoms. The molecule has 2 aromatic rings. The van der Waals surface area contributed by atoms with Crippen molar-refractivity contribution in [1.82, 2.24) is 21.3 Å². The van der Waals surface area contributed by atoms with Crippen LogP contribution in [0.5, 0.6) is 0 Å². The van der Waals surface area contributed by atoms with E-state index >= 15 is 0 Å². The third-order valence-corrected chi connectivity index (χ3v) is 4.37. The average molecular weight is 464 g/mol. The van der Waals surface area contributed by atoms with Crippen molar-refractivity contribution < 1.29 is 43.3 Å². The molecule has 11 nitrogen and oxygen atoms in total. The van der Waals surface area contributed by atoms with E-state index < -0.39 is 61.1 Å². The maximum atomic E-state index is 13.8. The van der Waals surface area contributed by atoms with E-state index in [0.717, 1.165) is 35.3 Å². The Labute approximate surface area is 187 Å². The van der Waals surface area contributed by atoms with Crippen LogP contribution in [0.1, 0.15) is 27.6 Å². The molecule has 7 N–H and O–H groups in total. The van der Waals surface area contributed by atoms with E-state index in [2.05, 4.69) is 10.9 Å². The third-order valence-electron chi connectivity index (χ3n) is 4.37. The molecule has 0 aromatic heterocycles. The van der Waals surface area contributed by atoms with Crippen molar-refractivity contribution >= 4 is 42.9 Å². The molecule has 3 amide bonds. The molecule has 0 spiro atoms. The number of nitrogens with one attached hydrogen (secondary N) is 3. The van der Waals surface area contributed by atoms with Gasteiger partial charge in [-0.25, -0.2) is 13.8 Å². The molecule has 174 valence electrons. The first kappa shape index (κ1) is 25.9. The lowest BCUT2D eigenvalue weighted by Gasteiger charge is -2.21. The maximum Gasteiger partial charge on any atom is 0.491 e. The van der Waals surface area contributed by atoms with Gasteiger partial charge >= 0.3 is 14.2 Å². The van der Waals surface area contributed by atoms with E-state index in [9.17, 15) is 23.2 Å². The first-order valence-corrected chi connectivity index (χ1v) is 9.49. The molecule has 0 aliphatic heterocycles. The Kier molecular flexibility index (Phi) is 9.02. The van der Waals surface area contributed by atoms with E-state index in [0.29, 0.717) is 0 Å². The summed E-state index contributed by atoms with van der Waals surface area (Å²) in [6, 6.07) is 5.89. The van der Waals surface area contributed by atoms with Gasteiger partial charge in [0, 0.05) is 28.6 Å². The van der Waals surface area contributed by atoms with Gasteiger partial charge < -0.3 is 20.1 Å². The van der Waals surface area contributed by atoms with Gasteiger partial charge in [-0.05, 0) is 24.3 Å². The first-order chi connectivity index (χ1) is 15.5. The Bertz CT molecular complexity index is 1040. The highest BCUT2D eigenvalue weighted by atomic mass is 19.1. The Hall–Kier alpha value is -3.36. The summed E-state index contributed by atoms with van der Waals surface area (Å²) in [5.74, 6) is -4.43. The van der Waals surface area contributed by atoms with Crippen LogP contribution in [-0.2, 0) is 4.79 Å². The maximum absolute atomic E-state index is 13.8. The van der Waals surface area contributed by atoms with Crippen molar-refractivity contribution in [1.29, 1.82) is 0 Å². The van der Waals surface area contributed by atoms with Crippen molar-refractivity contribution in [3.8, 4) is 0 Å². The summed E-state index contributed by atoms with van der Waals surface area (Å²) in [5.41, 5.74) is 5.32. The normalized spacial score (nSPS) is 10.5. The Morgan fingerprint density at radius 2 is 1.33 bits per heavy atom. The number of rotatable bonds is 8. The number of amides is 3. The van der Waals surface area contributed by atoms with Gasteiger partial charge in [0.1, 0.15) is 11.6 Å². The third kappa shape index (κ3) is 7.06. The summed E-state index contributed by atoms with van der Waals surface area (Å²) in [6.45, 7) is 1.35. The van der Waals surface area contributed by atoms with Crippen molar-refractivity contribution in [2.45, 2.75) is 6.92 Å². The van der Waals surface area contributed by atoms with Gasteiger partial charge in [-0.1, -0.05) is 19.1 Å². The Morgan fingerprint density at radius 3 is 1.76 bits per heavy atom. The molecule has 0 aliphatic rings. The van der Waals surface area contributed by atoms with Crippen LogP contribution in [-0.4, -0.2) is 70.2 Å². The summed E-state index contributed by atoms with van der Waals surface area (Å²) >= 11 is 0. The highest BCUT2D eigenvalue weighted by Crippen LogP contribution is 2.04. The fraction of sp³-hybridized carbons (Fsp3) is 0.167. The summed E-state index contributed by atoms with van der Waals surface area (Å²) < 4.78 is 27.6. The number of benzene rings is 2. The molecule has 0 radical (unpaired) electrons. The van der Waals surface area contributed by atoms with Crippen LogP contribution in [0, 0.1) is 11.6 Å². The summed E-state index contributed by atoms with van der Waals surface area (Å²) in [6.07, 6.45) is 0. The highest BCUT2D eigenvalue weighted by Gasteiger charge is 2.21. The lowest BCUT2D eigenvalue weighted by atomic mass is 9.79. The molecule has 2 aromatic carbocycles. The standard InChI is InChI=1S/C18H20B2F2N4O7/c1-2-26(25-18(29)11-4-6-13(20(32)33)15(22)8-11)9-16(27)23-24-17(28)10-3-5-12(19(30)31)14(21)7-10/h3-8,30-33H,2,9H2,1H3,(H,23,27)(H,24,28)(H,25,29). The predicted octanol–water partition coefficient (Wildman–Crippen LogP) is -3.25. The van der Waals surface area contributed by atoms with Crippen LogP contribution < -0.4 is 27.2 Å².